The van der Waals surface area contributed by atoms with E-state index in [4.69, 9.17) is 0 Å². The quantitative estimate of drug-likeness (QED) is 0.489. The molecule has 1 saturated heterocycles. The highest BCUT2D eigenvalue weighted by atomic mass is 32.2. The van der Waals surface area contributed by atoms with Gasteiger partial charge in [0.15, 0.2) is 0 Å². The largest absolute Gasteiger partial charge is 0.354 e. The van der Waals surface area contributed by atoms with Crippen molar-refractivity contribution < 1.29 is 18.0 Å². The first-order chi connectivity index (χ1) is 16.8. The first kappa shape index (κ1) is 24.9. The minimum atomic E-state index is -3.57. The highest BCUT2D eigenvalue weighted by Gasteiger charge is 2.35. The number of rotatable bonds is 9. The van der Waals surface area contributed by atoms with Gasteiger partial charge in [-0.05, 0) is 43.3 Å². The summed E-state index contributed by atoms with van der Waals surface area (Å²) in [6.45, 7) is 7.59. The number of aryl methyl sites for hydroxylation is 1. The van der Waals surface area contributed by atoms with Gasteiger partial charge in [0.05, 0.1) is 21.8 Å². The number of benzene rings is 2. The van der Waals surface area contributed by atoms with Crippen molar-refractivity contribution in [1.82, 2.24) is 19.2 Å². The fraction of sp³-hybridized carbons (Fsp3) is 0.400. The monoisotopic (exact) mass is 497 g/mol. The molecule has 3 aromatic rings. The Kier molecular flexibility index (Phi) is 7.23. The second-order valence-corrected chi connectivity index (χ2v) is 10.5. The predicted octanol–water partition coefficient (Wildman–Crippen LogP) is 2.54. The first-order valence-corrected chi connectivity index (χ1v) is 13.3. The normalized spacial score (nSPS) is 16.4. The van der Waals surface area contributed by atoms with Gasteiger partial charge < -0.3 is 14.8 Å². The number of amides is 2. The Balaban J connectivity index is 1.37. The van der Waals surface area contributed by atoms with E-state index >= 15 is 0 Å². The molecule has 9 nitrogen and oxygen atoms in total. The summed E-state index contributed by atoms with van der Waals surface area (Å²) >= 11 is 0. The average Bonchev–Trinajstić information content (AvgIpc) is 3.39. The summed E-state index contributed by atoms with van der Waals surface area (Å²) in [4.78, 5) is 31.7. The molecule has 1 atom stereocenters. The molecule has 1 aliphatic rings. The molecule has 1 aromatic heterocycles. The number of carbonyl (C=O) groups excluding carboxylic acids is 2. The van der Waals surface area contributed by atoms with Crippen molar-refractivity contribution in [1.29, 1.82) is 0 Å². The van der Waals surface area contributed by atoms with E-state index in [0.29, 0.717) is 31.9 Å². The van der Waals surface area contributed by atoms with Gasteiger partial charge in [-0.3, -0.25) is 9.59 Å². The molecule has 0 saturated carbocycles. The van der Waals surface area contributed by atoms with E-state index in [-0.39, 0.29) is 29.7 Å². The second-order valence-electron chi connectivity index (χ2n) is 8.58. The van der Waals surface area contributed by atoms with Crippen LogP contribution in [0.3, 0.4) is 0 Å². The third-order valence-corrected chi connectivity index (χ3v) is 8.53. The van der Waals surface area contributed by atoms with E-state index in [2.05, 4.69) is 14.9 Å². The van der Waals surface area contributed by atoms with E-state index in [9.17, 15) is 18.0 Å². The van der Waals surface area contributed by atoms with Crippen LogP contribution < -0.4 is 10.2 Å². The van der Waals surface area contributed by atoms with Gasteiger partial charge >= 0.3 is 0 Å². The Bertz CT molecular complexity index is 1330. The zero-order valence-electron chi connectivity index (χ0n) is 20.3. The van der Waals surface area contributed by atoms with Crippen molar-refractivity contribution in [2.75, 3.05) is 31.1 Å². The number of carbonyl (C=O) groups is 2. The lowest BCUT2D eigenvalue weighted by molar-refractivity contribution is -0.126. The highest BCUT2D eigenvalue weighted by Crippen LogP contribution is 2.27. The summed E-state index contributed by atoms with van der Waals surface area (Å²) in [5, 5.41) is 2.95. The minimum absolute atomic E-state index is 0.123. The van der Waals surface area contributed by atoms with E-state index in [1.165, 1.54) is 16.4 Å². The topological polar surface area (TPSA) is 105 Å². The molecule has 0 bridgehead atoms. The van der Waals surface area contributed by atoms with Gasteiger partial charge in [0.25, 0.3) is 0 Å². The Labute approximate surface area is 205 Å². The minimum Gasteiger partial charge on any atom is -0.354 e. The number of hydrogen-bond acceptors (Lipinski definition) is 5. The van der Waals surface area contributed by atoms with Crippen molar-refractivity contribution in [3.63, 3.8) is 0 Å². The summed E-state index contributed by atoms with van der Waals surface area (Å²) in [5.41, 5.74) is 2.53. The lowest BCUT2D eigenvalue weighted by Crippen LogP contribution is -2.35. The third-order valence-electron chi connectivity index (χ3n) is 6.47. The number of para-hydroxylation sites is 2. The molecule has 0 radical (unpaired) electrons. The first-order valence-electron chi connectivity index (χ1n) is 11.9. The molecule has 1 N–H and O–H groups in total. The van der Waals surface area contributed by atoms with Crippen molar-refractivity contribution in [3.05, 3.63) is 54.4 Å². The van der Waals surface area contributed by atoms with Gasteiger partial charge in [0, 0.05) is 44.8 Å². The van der Waals surface area contributed by atoms with Gasteiger partial charge in [0.1, 0.15) is 5.82 Å². The number of nitrogens with one attached hydrogen (secondary N) is 1. The number of hydrogen-bond donors (Lipinski definition) is 1. The maximum Gasteiger partial charge on any atom is 0.243 e. The van der Waals surface area contributed by atoms with Gasteiger partial charge in [0.2, 0.25) is 21.8 Å². The van der Waals surface area contributed by atoms with Crippen LogP contribution in [0.4, 0.5) is 5.69 Å². The molecule has 2 aromatic carbocycles. The van der Waals surface area contributed by atoms with Crippen LogP contribution in [0.15, 0.2) is 53.4 Å². The maximum absolute atomic E-state index is 12.8. The van der Waals surface area contributed by atoms with Crippen molar-refractivity contribution in [2.24, 2.45) is 5.92 Å². The lowest BCUT2D eigenvalue weighted by Gasteiger charge is -2.20. The molecule has 1 aliphatic heterocycles. The fourth-order valence-corrected chi connectivity index (χ4v) is 6.01. The van der Waals surface area contributed by atoms with Gasteiger partial charge in [-0.15, -0.1) is 0 Å². The summed E-state index contributed by atoms with van der Waals surface area (Å²) < 4.78 is 28.8. The average molecular weight is 498 g/mol. The molecule has 35 heavy (non-hydrogen) atoms. The van der Waals surface area contributed by atoms with E-state index in [1.54, 1.807) is 30.9 Å². The van der Waals surface area contributed by atoms with Crippen LogP contribution >= 0.6 is 0 Å². The van der Waals surface area contributed by atoms with E-state index in [0.717, 1.165) is 16.9 Å². The molecule has 4 rings (SSSR count). The van der Waals surface area contributed by atoms with Crippen molar-refractivity contribution >= 4 is 38.6 Å². The number of fused-ring (bicyclic) bond motifs is 1. The third kappa shape index (κ3) is 4.94. The Morgan fingerprint density at radius 3 is 2.49 bits per heavy atom. The standard InChI is InChI=1S/C25H31N5O4S/c1-4-28(5-2)35(33,34)21-12-10-20(11-13-21)30-17-19(16-24(30)31)25(32)26-14-15-29-18(3)27-22-8-6-7-9-23(22)29/h6-13,19H,4-5,14-17H2,1-3H3,(H,26,32)/t19-/m0/s1. The second kappa shape index (κ2) is 10.2. The molecule has 2 amide bonds. The molecule has 0 unspecified atom stereocenters. The number of imidazole rings is 1. The summed E-state index contributed by atoms with van der Waals surface area (Å²) in [6, 6.07) is 14.2. The van der Waals surface area contributed by atoms with Crippen LogP contribution in [0.1, 0.15) is 26.1 Å². The fourth-order valence-electron chi connectivity index (χ4n) is 4.56. The Morgan fingerprint density at radius 1 is 1.11 bits per heavy atom. The number of nitrogens with zero attached hydrogens (tertiary/aromatic N) is 4. The van der Waals surface area contributed by atoms with Gasteiger partial charge in [-0.25, -0.2) is 13.4 Å². The lowest BCUT2D eigenvalue weighted by atomic mass is 10.1. The van der Waals surface area contributed by atoms with Crippen LogP contribution in [-0.2, 0) is 26.2 Å². The predicted molar refractivity (Wildman–Crippen MR) is 134 cm³/mol. The van der Waals surface area contributed by atoms with Crippen molar-refractivity contribution in [3.8, 4) is 0 Å². The van der Waals surface area contributed by atoms with Gasteiger partial charge in [-0.1, -0.05) is 26.0 Å². The zero-order chi connectivity index (χ0) is 25.2. The molecular formula is C25H31N5O4S. The van der Waals surface area contributed by atoms with Crippen LogP contribution in [-0.4, -0.2) is 60.3 Å². The molecule has 186 valence electrons. The summed E-state index contributed by atoms with van der Waals surface area (Å²) in [5.74, 6) is 0.112. The Morgan fingerprint density at radius 2 is 1.80 bits per heavy atom. The van der Waals surface area contributed by atoms with Crippen LogP contribution in [0, 0.1) is 12.8 Å². The number of aromatic nitrogens is 2. The molecule has 0 spiro atoms. The summed E-state index contributed by atoms with van der Waals surface area (Å²) in [7, 11) is -3.57. The molecule has 0 aliphatic carbocycles. The SMILES string of the molecule is CCN(CC)S(=O)(=O)c1ccc(N2C[C@@H](C(=O)NCCn3c(C)nc4ccccc43)CC2=O)cc1. The van der Waals surface area contributed by atoms with E-state index < -0.39 is 15.9 Å². The zero-order valence-corrected chi connectivity index (χ0v) is 21.1. The molecule has 1 fully saturated rings. The van der Waals surface area contributed by atoms with Crippen molar-refractivity contribution in [2.45, 2.75) is 38.6 Å². The molecule has 2 heterocycles. The van der Waals surface area contributed by atoms with Gasteiger partial charge in [-0.2, -0.15) is 4.31 Å². The summed E-state index contributed by atoms with van der Waals surface area (Å²) in [6.07, 6.45) is 0.123. The number of sulfonamides is 1. The van der Waals surface area contributed by atoms with Crippen LogP contribution in [0.5, 0.6) is 0 Å². The highest BCUT2D eigenvalue weighted by molar-refractivity contribution is 7.89. The molecular weight excluding hydrogens is 466 g/mol. The smallest absolute Gasteiger partial charge is 0.243 e. The number of anilines is 1. The Hall–Kier alpha value is -3.24. The van der Waals surface area contributed by atoms with E-state index in [1.807, 2.05) is 31.2 Å². The van der Waals surface area contributed by atoms with Crippen LogP contribution in [0.2, 0.25) is 0 Å². The molecule has 10 heteroatoms. The van der Waals surface area contributed by atoms with Crippen LogP contribution in [0.25, 0.3) is 11.0 Å². The maximum atomic E-state index is 12.8.